The molecule has 0 aliphatic carbocycles. The number of carbonyl (C=O) groups is 1. The second-order valence-corrected chi connectivity index (χ2v) is 2.89. The molecule has 1 fully saturated rings. The summed E-state index contributed by atoms with van der Waals surface area (Å²) in [5, 5.41) is 11.8. The van der Waals surface area contributed by atoms with E-state index in [1.807, 2.05) is 6.07 Å². The van der Waals surface area contributed by atoms with Crippen LogP contribution in [-0.2, 0) is 4.74 Å². The lowest BCUT2D eigenvalue weighted by Crippen LogP contribution is -2.18. The largest absolute Gasteiger partial charge is 0.508 e. The van der Waals surface area contributed by atoms with Crippen molar-refractivity contribution in [2.45, 2.75) is 6.04 Å². The Kier molecular flexibility index (Phi) is 1.81. The van der Waals surface area contributed by atoms with Crippen LogP contribution in [-0.4, -0.2) is 17.8 Å². The van der Waals surface area contributed by atoms with E-state index >= 15 is 0 Å². The van der Waals surface area contributed by atoms with Crippen molar-refractivity contribution in [3.63, 3.8) is 0 Å². The first-order valence-corrected chi connectivity index (χ1v) is 3.98. The first-order chi connectivity index (χ1) is 6.25. The van der Waals surface area contributed by atoms with Crippen molar-refractivity contribution >= 4 is 6.09 Å². The molecule has 0 spiro atoms. The van der Waals surface area contributed by atoms with Crippen LogP contribution in [0.2, 0.25) is 0 Å². The number of amides is 1. The quantitative estimate of drug-likeness (QED) is 0.680. The third-order valence-corrected chi connectivity index (χ3v) is 1.95. The highest BCUT2D eigenvalue weighted by Gasteiger charge is 2.23. The normalized spacial score (nSPS) is 20.9. The number of nitrogens with one attached hydrogen (secondary N) is 1. The van der Waals surface area contributed by atoms with E-state index < -0.39 is 6.09 Å². The molecule has 0 radical (unpaired) electrons. The van der Waals surface area contributed by atoms with E-state index in [4.69, 9.17) is 4.74 Å². The van der Waals surface area contributed by atoms with Crippen LogP contribution in [0.4, 0.5) is 4.79 Å². The van der Waals surface area contributed by atoms with Crippen molar-refractivity contribution in [1.82, 2.24) is 5.32 Å². The molecule has 13 heavy (non-hydrogen) atoms. The average molecular weight is 179 g/mol. The van der Waals surface area contributed by atoms with Gasteiger partial charge in [0, 0.05) is 0 Å². The molecule has 2 rings (SSSR count). The van der Waals surface area contributed by atoms with Crippen molar-refractivity contribution in [1.29, 1.82) is 0 Å². The Morgan fingerprint density at radius 1 is 1.54 bits per heavy atom. The molecule has 1 aromatic rings. The number of hydrogen-bond acceptors (Lipinski definition) is 3. The van der Waals surface area contributed by atoms with Crippen LogP contribution in [0.1, 0.15) is 11.6 Å². The fraction of sp³-hybridized carbons (Fsp3) is 0.222. The zero-order valence-corrected chi connectivity index (χ0v) is 6.86. The van der Waals surface area contributed by atoms with Crippen LogP contribution in [0.5, 0.6) is 5.75 Å². The van der Waals surface area contributed by atoms with Gasteiger partial charge in [0.15, 0.2) is 0 Å². The van der Waals surface area contributed by atoms with Crippen molar-refractivity contribution in [3.05, 3.63) is 29.8 Å². The summed E-state index contributed by atoms with van der Waals surface area (Å²) in [6, 6.07) is 6.62. The Morgan fingerprint density at radius 2 is 2.38 bits per heavy atom. The van der Waals surface area contributed by atoms with Crippen molar-refractivity contribution in [2.75, 3.05) is 6.61 Å². The molecule has 68 valence electrons. The number of carbonyl (C=O) groups excluding carboxylic acids is 1. The Hall–Kier alpha value is -1.71. The number of cyclic esters (lactones) is 1. The second-order valence-electron chi connectivity index (χ2n) is 2.89. The zero-order chi connectivity index (χ0) is 9.26. The van der Waals surface area contributed by atoms with Gasteiger partial charge in [0.05, 0.1) is 6.04 Å². The molecule has 2 N–H and O–H groups in total. The molecule has 1 amide bonds. The van der Waals surface area contributed by atoms with Gasteiger partial charge in [-0.15, -0.1) is 0 Å². The molecule has 1 heterocycles. The number of phenols is 1. The molecule has 0 saturated carbocycles. The maximum absolute atomic E-state index is 10.7. The number of benzene rings is 1. The molecule has 4 nitrogen and oxygen atoms in total. The lowest BCUT2D eigenvalue weighted by Gasteiger charge is -2.06. The maximum atomic E-state index is 10.7. The minimum atomic E-state index is -0.409. The van der Waals surface area contributed by atoms with E-state index in [-0.39, 0.29) is 11.8 Å². The monoisotopic (exact) mass is 179 g/mol. The van der Waals surface area contributed by atoms with Gasteiger partial charge in [-0.25, -0.2) is 4.79 Å². The predicted molar refractivity (Wildman–Crippen MR) is 45.3 cm³/mol. The maximum Gasteiger partial charge on any atom is 0.407 e. The van der Waals surface area contributed by atoms with E-state index in [0.29, 0.717) is 6.61 Å². The molecule has 4 heteroatoms. The van der Waals surface area contributed by atoms with Crippen LogP contribution >= 0.6 is 0 Å². The molecule has 0 unspecified atom stereocenters. The molecule has 1 aromatic carbocycles. The van der Waals surface area contributed by atoms with Crippen LogP contribution < -0.4 is 5.32 Å². The van der Waals surface area contributed by atoms with Gasteiger partial charge >= 0.3 is 6.09 Å². The molecule has 1 aliphatic rings. The number of alkyl carbamates (subject to hydrolysis) is 1. The first-order valence-electron chi connectivity index (χ1n) is 3.98. The lowest BCUT2D eigenvalue weighted by molar-refractivity contribution is 0.177. The Balaban J connectivity index is 2.21. The zero-order valence-electron chi connectivity index (χ0n) is 6.86. The summed E-state index contributed by atoms with van der Waals surface area (Å²) >= 11 is 0. The summed E-state index contributed by atoms with van der Waals surface area (Å²) in [4.78, 5) is 10.7. The third-order valence-electron chi connectivity index (χ3n) is 1.95. The summed E-state index contributed by atoms with van der Waals surface area (Å²) < 4.78 is 4.73. The van der Waals surface area contributed by atoms with Gasteiger partial charge in [-0.2, -0.15) is 0 Å². The summed E-state index contributed by atoms with van der Waals surface area (Å²) in [6.07, 6.45) is -0.409. The van der Waals surface area contributed by atoms with Gasteiger partial charge in [0.1, 0.15) is 12.4 Å². The van der Waals surface area contributed by atoms with Gasteiger partial charge in [0.2, 0.25) is 0 Å². The Labute approximate surface area is 75.1 Å². The topological polar surface area (TPSA) is 58.6 Å². The second kappa shape index (κ2) is 2.97. The van der Waals surface area contributed by atoms with Gasteiger partial charge in [-0.1, -0.05) is 12.1 Å². The SMILES string of the molecule is O=C1N[C@H](c2cccc(O)c2)CO1. The number of ether oxygens (including phenoxy) is 1. The van der Waals surface area contributed by atoms with E-state index in [9.17, 15) is 9.90 Å². The minimum absolute atomic E-state index is 0.139. The van der Waals surface area contributed by atoms with E-state index in [2.05, 4.69) is 5.32 Å². The first kappa shape index (κ1) is 7.91. The fourth-order valence-electron chi connectivity index (χ4n) is 1.31. The molecule has 1 saturated heterocycles. The van der Waals surface area contributed by atoms with Gasteiger partial charge in [-0.05, 0) is 17.7 Å². The summed E-state index contributed by atoms with van der Waals surface area (Å²) in [7, 11) is 0. The molecule has 0 aromatic heterocycles. The summed E-state index contributed by atoms with van der Waals surface area (Å²) in [5.74, 6) is 0.193. The predicted octanol–water partition coefficient (Wildman–Crippen LogP) is 1.17. The summed E-state index contributed by atoms with van der Waals surface area (Å²) in [6.45, 7) is 0.322. The highest BCUT2D eigenvalue weighted by Crippen LogP contribution is 2.21. The van der Waals surface area contributed by atoms with Crippen molar-refractivity contribution in [3.8, 4) is 5.75 Å². The number of hydrogen-bond donors (Lipinski definition) is 2. The standard InChI is InChI=1S/C9H9NO3/c11-7-3-1-2-6(4-7)8-5-13-9(12)10-8/h1-4,8,11H,5H2,(H,10,12)/t8-/m0/s1. The van der Waals surface area contributed by atoms with Crippen molar-refractivity contribution < 1.29 is 14.6 Å². The molecular formula is C9H9NO3. The van der Waals surface area contributed by atoms with Gasteiger partial charge in [0.25, 0.3) is 0 Å². The Bertz CT molecular complexity index is 337. The van der Waals surface area contributed by atoms with Gasteiger partial charge in [-0.3, -0.25) is 0 Å². The highest BCUT2D eigenvalue weighted by atomic mass is 16.6. The van der Waals surface area contributed by atoms with Gasteiger partial charge < -0.3 is 15.2 Å². The van der Waals surface area contributed by atoms with Crippen LogP contribution in [0, 0.1) is 0 Å². The van der Waals surface area contributed by atoms with Crippen molar-refractivity contribution in [2.24, 2.45) is 0 Å². The fourth-order valence-corrected chi connectivity index (χ4v) is 1.31. The molecular weight excluding hydrogens is 170 g/mol. The Morgan fingerprint density at radius 3 is 3.00 bits per heavy atom. The third kappa shape index (κ3) is 1.56. The van der Waals surface area contributed by atoms with Crippen LogP contribution in [0.25, 0.3) is 0 Å². The highest BCUT2D eigenvalue weighted by molar-refractivity contribution is 5.70. The van der Waals surface area contributed by atoms with E-state index in [1.165, 1.54) is 0 Å². The number of phenolic OH excluding ortho intramolecular Hbond substituents is 1. The van der Waals surface area contributed by atoms with Crippen LogP contribution in [0.3, 0.4) is 0 Å². The van der Waals surface area contributed by atoms with E-state index in [0.717, 1.165) is 5.56 Å². The minimum Gasteiger partial charge on any atom is -0.508 e. The molecule has 1 aliphatic heterocycles. The number of aromatic hydroxyl groups is 1. The molecule has 0 bridgehead atoms. The van der Waals surface area contributed by atoms with E-state index in [1.54, 1.807) is 18.2 Å². The average Bonchev–Trinajstić information content (AvgIpc) is 2.52. The summed E-state index contributed by atoms with van der Waals surface area (Å²) in [5.41, 5.74) is 0.853. The lowest BCUT2D eigenvalue weighted by atomic mass is 10.1. The molecule has 1 atom stereocenters. The smallest absolute Gasteiger partial charge is 0.407 e. The van der Waals surface area contributed by atoms with Crippen LogP contribution in [0.15, 0.2) is 24.3 Å². The number of rotatable bonds is 1.